The fourth-order valence-corrected chi connectivity index (χ4v) is 4.31. The molecule has 0 fully saturated rings. The molecule has 4 aromatic rings. The van der Waals surface area contributed by atoms with Crippen LogP contribution in [-0.4, -0.2) is 18.1 Å². The summed E-state index contributed by atoms with van der Waals surface area (Å²) < 4.78 is 7.16. The molecule has 4 rings (SSSR count). The van der Waals surface area contributed by atoms with Gasteiger partial charge in [-0.15, -0.1) is 11.3 Å². The van der Waals surface area contributed by atoms with Crippen molar-refractivity contribution in [3.8, 4) is 11.1 Å². The lowest BCUT2D eigenvalue weighted by molar-refractivity contribution is 0.0596. The highest BCUT2D eigenvalue weighted by Gasteiger charge is 2.23. The standard InChI is InChI=1S/C18H12BrNO2S/c1-22-18(21)16-14(10-5-3-2-4-6-10)15-12-9-11(19)7-8-13(12)23-17(15)20-16/h2-9,20H,1H3. The van der Waals surface area contributed by atoms with Gasteiger partial charge in [-0.3, -0.25) is 0 Å². The first-order valence-corrected chi connectivity index (χ1v) is 8.67. The first kappa shape index (κ1) is 14.5. The number of H-pyrrole nitrogens is 1. The first-order chi connectivity index (χ1) is 11.2. The summed E-state index contributed by atoms with van der Waals surface area (Å²) >= 11 is 5.18. The van der Waals surface area contributed by atoms with Crippen LogP contribution in [0, 0.1) is 0 Å². The molecule has 0 aliphatic carbocycles. The molecule has 0 saturated carbocycles. The maximum Gasteiger partial charge on any atom is 0.355 e. The summed E-state index contributed by atoms with van der Waals surface area (Å²) in [4.78, 5) is 16.5. The van der Waals surface area contributed by atoms with E-state index < -0.39 is 0 Å². The molecule has 3 nitrogen and oxygen atoms in total. The SMILES string of the molecule is COC(=O)c1[nH]c2sc3ccc(Br)cc3c2c1-c1ccccc1. The van der Waals surface area contributed by atoms with Crippen LogP contribution in [0.1, 0.15) is 10.5 Å². The Labute approximate surface area is 145 Å². The van der Waals surface area contributed by atoms with Crippen molar-refractivity contribution in [1.82, 2.24) is 4.98 Å². The van der Waals surface area contributed by atoms with E-state index in [2.05, 4.69) is 33.0 Å². The van der Waals surface area contributed by atoms with E-state index in [-0.39, 0.29) is 5.97 Å². The van der Waals surface area contributed by atoms with Gasteiger partial charge < -0.3 is 9.72 Å². The highest BCUT2D eigenvalue weighted by atomic mass is 79.9. The zero-order chi connectivity index (χ0) is 16.0. The summed E-state index contributed by atoms with van der Waals surface area (Å²) in [5, 5.41) is 2.20. The lowest BCUT2D eigenvalue weighted by Crippen LogP contribution is -2.03. The number of halogens is 1. The van der Waals surface area contributed by atoms with Gasteiger partial charge >= 0.3 is 5.97 Å². The summed E-state index contributed by atoms with van der Waals surface area (Å²) in [7, 11) is 1.40. The van der Waals surface area contributed by atoms with Gasteiger partial charge in [-0.25, -0.2) is 4.79 Å². The fraction of sp³-hybridized carbons (Fsp3) is 0.0556. The molecule has 2 heterocycles. The number of thiophene rings is 1. The maximum absolute atomic E-state index is 12.2. The first-order valence-electron chi connectivity index (χ1n) is 7.06. The number of methoxy groups -OCH3 is 1. The third-order valence-corrected chi connectivity index (χ3v) is 5.42. The number of hydrogen-bond acceptors (Lipinski definition) is 3. The predicted molar refractivity (Wildman–Crippen MR) is 98.2 cm³/mol. The van der Waals surface area contributed by atoms with Crippen molar-refractivity contribution in [2.75, 3.05) is 7.11 Å². The number of ether oxygens (including phenoxy) is 1. The van der Waals surface area contributed by atoms with E-state index in [4.69, 9.17) is 4.74 Å². The van der Waals surface area contributed by atoms with E-state index in [0.29, 0.717) is 5.69 Å². The Morgan fingerprint density at radius 2 is 1.96 bits per heavy atom. The second-order valence-electron chi connectivity index (χ2n) is 5.18. The molecule has 0 spiro atoms. The monoisotopic (exact) mass is 385 g/mol. The van der Waals surface area contributed by atoms with Crippen molar-refractivity contribution in [2.24, 2.45) is 0 Å². The van der Waals surface area contributed by atoms with Gasteiger partial charge in [0, 0.05) is 25.5 Å². The van der Waals surface area contributed by atoms with Crippen LogP contribution in [0.5, 0.6) is 0 Å². The van der Waals surface area contributed by atoms with Crippen molar-refractivity contribution in [1.29, 1.82) is 0 Å². The maximum atomic E-state index is 12.2. The van der Waals surface area contributed by atoms with Gasteiger partial charge in [-0.2, -0.15) is 0 Å². The number of hydrogen-bond donors (Lipinski definition) is 1. The fourth-order valence-electron chi connectivity index (χ4n) is 2.86. The molecular formula is C18H12BrNO2S. The average Bonchev–Trinajstić information content (AvgIpc) is 3.11. The van der Waals surface area contributed by atoms with E-state index in [1.807, 2.05) is 36.4 Å². The number of carbonyl (C=O) groups is 1. The van der Waals surface area contributed by atoms with Gasteiger partial charge in [0.1, 0.15) is 10.5 Å². The average molecular weight is 386 g/mol. The molecule has 2 aromatic carbocycles. The Kier molecular flexibility index (Phi) is 3.47. The van der Waals surface area contributed by atoms with E-state index >= 15 is 0 Å². The van der Waals surface area contributed by atoms with Gasteiger partial charge in [0.25, 0.3) is 0 Å². The lowest BCUT2D eigenvalue weighted by atomic mass is 10.0. The zero-order valence-corrected chi connectivity index (χ0v) is 14.6. The smallest absolute Gasteiger partial charge is 0.355 e. The van der Waals surface area contributed by atoms with Crippen LogP contribution >= 0.6 is 27.3 Å². The highest BCUT2D eigenvalue weighted by Crippen LogP contribution is 2.42. The third-order valence-electron chi connectivity index (χ3n) is 3.84. The molecule has 0 atom stereocenters. The minimum absolute atomic E-state index is 0.351. The molecule has 2 aromatic heterocycles. The van der Waals surface area contributed by atoms with Crippen molar-refractivity contribution in [3.05, 3.63) is 58.7 Å². The molecule has 0 aliphatic rings. The summed E-state index contributed by atoms with van der Waals surface area (Å²) in [5.74, 6) is -0.351. The van der Waals surface area contributed by atoms with Gasteiger partial charge in [-0.05, 0) is 23.8 Å². The topological polar surface area (TPSA) is 42.1 Å². The number of nitrogens with one attached hydrogen (secondary N) is 1. The zero-order valence-electron chi connectivity index (χ0n) is 12.2. The Morgan fingerprint density at radius 1 is 1.17 bits per heavy atom. The number of rotatable bonds is 2. The molecule has 114 valence electrons. The molecular weight excluding hydrogens is 374 g/mol. The minimum atomic E-state index is -0.351. The van der Waals surface area contributed by atoms with Gasteiger partial charge in [0.2, 0.25) is 0 Å². The molecule has 0 saturated heterocycles. The van der Waals surface area contributed by atoms with Crippen LogP contribution in [0.2, 0.25) is 0 Å². The summed E-state index contributed by atoms with van der Waals surface area (Å²) in [5.41, 5.74) is 2.40. The van der Waals surface area contributed by atoms with Crippen molar-refractivity contribution in [2.45, 2.75) is 0 Å². The van der Waals surface area contributed by atoms with E-state index in [9.17, 15) is 4.79 Å². The highest BCUT2D eigenvalue weighted by molar-refractivity contribution is 9.10. The van der Waals surface area contributed by atoms with Crippen LogP contribution in [0.4, 0.5) is 0 Å². The summed E-state index contributed by atoms with van der Waals surface area (Å²) in [6.07, 6.45) is 0. The van der Waals surface area contributed by atoms with Crippen molar-refractivity contribution in [3.63, 3.8) is 0 Å². The molecule has 0 radical (unpaired) electrons. The number of aromatic amines is 1. The molecule has 5 heteroatoms. The third kappa shape index (κ3) is 2.28. The molecule has 0 bridgehead atoms. The largest absolute Gasteiger partial charge is 0.464 e. The minimum Gasteiger partial charge on any atom is -0.464 e. The Hall–Kier alpha value is -2.11. The molecule has 0 unspecified atom stereocenters. The molecule has 0 aliphatic heterocycles. The Bertz CT molecular complexity index is 1030. The van der Waals surface area contributed by atoms with Crippen LogP contribution in [0.3, 0.4) is 0 Å². The number of benzene rings is 2. The summed E-state index contributed by atoms with van der Waals surface area (Å²) in [6, 6.07) is 16.1. The number of fused-ring (bicyclic) bond motifs is 3. The van der Waals surface area contributed by atoms with Gasteiger partial charge in [-0.1, -0.05) is 46.3 Å². The molecule has 0 amide bonds. The van der Waals surface area contributed by atoms with Crippen LogP contribution < -0.4 is 0 Å². The quantitative estimate of drug-likeness (QED) is 0.456. The lowest BCUT2D eigenvalue weighted by Gasteiger charge is -2.04. The number of esters is 1. The summed E-state index contributed by atoms with van der Waals surface area (Å²) in [6.45, 7) is 0. The normalized spacial score (nSPS) is 11.2. The Balaban J connectivity index is 2.15. The van der Waals surface area contributed by atoms with Crippen LogP contribution in [0.15, 0.2) is 53.0 Å². The van der Waals surface area contributed by atoms with Gasteiger partial charge in [0.05, 0.1) is 7.11 Å². The van der Waals surface area contributed by atoms with Crippen molar-refractivity contribution >= 4 is 53.5 Å². The van der Waals surface area contributed by atoms with Crippen LogP contribution in [-0.2, 0) is 4.74 Å². The second kappa shape index (κ2) is 5.51. The van der Waals surface area contributed by atoms with Gasteiger partial charge in [0.15, 0.2) is 0 Å². The van der Waals surface area contributed by atoms with E-state index in [1.54, 1.807) is 11.3 Å². The molecule has 1 N–H and O–H groups in total. The molecule has 23 heavy (non-hydrogen) atoms. The van der Waals surface area contributed by atoms with E-state index in [1.165, 1.54) is 11.8 Å². The van der Waals surface area contributed by atoms with Crippen molar-refractivity contribution < 1.29 is 9.53 Å². The second-order valence-corrected chi connectivity index (χ2v) is 7.15. The number of aromatic nitrogens is 1. The Morgan fingerprint density at radius 3 is 2.70 bits per heavy atom. The predicted octanol–water partition coefficient (Wildman–Crippen LogP) is 5.60. The van der Waals surface area contributed by atoms with E-state index in [0.717, 1.165) is 31.2 Å². The van der Waals surface area contributed by atoms with Crippen LogP contribution in [0.25, 0.3) is 31.4 Å². The number of carbonyl (C=O) groups excluding carboxylic acids is 1.